The van der Waals surface area contributed by atoms with Gasteiger partial charge < -0.3 is 5.11 Å². The van der Waals surface area contributed by atoms with Crippen molar-refractivity contribution >= 4 is 0 Å². The summed E-state index contributed by atoms with van der Waals surface area (Å²) in [7, 11) is 0. The highest BCUT2D eigenvalue weighted by Crippen LogP contribution is 2.42. The van der Waals surface area contributed by atoms with Crippen molar-refractivity contribution in [2.24, 2.45) is 11.8 Å². The summed E-state index contributed by atoms with van der Waals surface area (Å²) in [6.07, 6.45) is 11.3. The van der Waals surface area contributed by atoms with Crippen molar-refractivity contribution in [2.45, 2.75) is 70.3 Å². The zero-order valence-corrected chi connectivity index (χ0v) is 9.47. The minimum atomic E-state index is -0.271. The highest BCUT2D eigenvalue weighted by Gasteiger charge is 2.39. The maximum absolute atomic E-state index is 10.6. The smallest absolute Gasteiger partial charge is 0.0676 e. The van der Waals surface area contributed by atoms with Gasteiger partial charge in [-0.2, -0.15) is 0 Å². The van der Waals surface area contributed by atoms with Crippen LogP contribution in [0.25, 0.3) is 0 Å². The third-order valence-corrected chi connectivity index (χ3v) is 4.51. The Labute approximate surface area is 87.9 Å². The third-order valence-electron chi connectivity index (χ3n) is 4.51. The maximum Gasteiger partial charge on any atom is 0.0676 e. The van der Waals surface area contributed by atoms with E-state index >= 15 is 0 Å². The van der Waals surface area contributed by atoms with Crippen molar-refractivity contribution in [3.05, 3.63) is 0 Å². The van der Waals surface area contributed by atoms with E-state index < -0.39 is 0 Å². The molecule has 0 radical (unpaired) electrons. The van der Waals surface area contributed by atoms with E-state index in [9.17, 15) is 5.11 Å². The lowest BCUT2D eigenvalue weighted by atomic mass is 9.68. The Morgan fingerprint density at radius 2 is 1.50 bits per heavy atom. The van der Waals surface area contributed by atoms with E-state index in [2.05, 4.69) is 6.92 Å². The lowest BCUT2D eigenvalue weighted by molar-refractivity contribution is -0.0689. The van der Waals surface area contributed by atoms with E-state index in [-0.39, 0.29) is 5.60 Å². The van der Waals surface area contributed by atoms with Crippen molar-refractivity contribution < 1.29 is 5.11 Å². The molecule has 0 amide bonds. The second-order valence-electron chi connectivity index (χ2n) is 5.62. The predicted molar refractivity (Wildman–Crippen MR) is 59.2 cm³/mol. The first-order chi connectivity index (χ1) is 6.71. The molecule has 2 aliphatic carbocycles. The van der Waals surface area contributed by atoms with E-state index in [0.29, 0.717) is 5.92 Å². The van der Waals surface area contributed by atoms with Crippen LogP contribution in [0.4, 0.5) is 0 Å². The number of hydrogen-bond donors (Lipinski definition) is 1. The molecule has 0 heterocycles. The van der Waals surface area contributed by atoms with Gasteiger partial charge in [0.1, 0.15) is 0 Å². The van der Waals surface area contributed by atoms with Gasteiger partial charge >= 0.3 is 0 Å². The lowest BCUT2D eigenvalue weighted by Crippen LogP contribution is -2.42. The topological polar surface area (TPSA) is 20.2 Å². The molecular weight excluding hydrogens is 172 g/mol. The fourth-order valence-corrected chi connectivity index (χ4v) is 3.31. The van der Waals surface area contributed by atoms with Crippen molar-refractivity contribution in [3.8, 4) is 0 Å². The molecule has 0 bridgehead atoms. The zero-order valence-electron chi connectivity index (χ0n) is 9.47. The van der Waals surface area contributed by atoms with E-state index in [4.69, 9.17) is 0 Å². The molecule has 0 saturated heterocycles. The molecule has 14 heavy (non-hydrogen) atoms. The van der Waals surface area contributed by atoms with Gasteiger partial charge in [0, 0.05) is 0 Å². The second-order valence-corrected chi connectivity index (χ2v) is 5.62. The molecule has 0 aliphatic heterocycles. The Kier molecular flexibility index (Phi) is 3.16. The van der Waals surface area contributed by atoms with Gasteiger partial charge in [0.2, 0.25) is 0 Å². The van der Waals surface area contributed by atoms with Gasteiger partial charge in [-0.15, -0.1) is 0 Å². The summed E-state index contributed by atoms with van der Waals surface area (Å²) in [6.45, 7) is 2.32. The van der Waals surface area contributed by atoms with Crippen molar-refractivity contribution in [2.75, 3.05) is 0 Å². The molecule has 1 heteroatoms. The Morgan fingerprint density at radius 3 is 2.07 bits per heavy atom. The van der Waals surface area contributed by atoms with Crippen LogP contribution in [0.2, 0.25) is 0 Å². The first kappa shape index (κ1) is 10.5. The number of aliphatic hydroxyl groups is 1. The van der Waals surface area contributed by atoms with Gasteiger partial charge in [0.05, 0.1) is 5.60 Å². The second kappa shape index (κ2) is 4.22. The number of rotatable bonds is 1. The van der Waals surface area contributed by atoms with Gasteiger partial charge in [-0.25, -0.2) is 0 Å². The van der Waals surface area contributed by atoms with E-state index in [1.54, 1.807) is 0 Å². The van der Waals surface area contributed by atoms with Crippen LogP contribution < -0.4 is 0 Å². The molecule has 2 saturated carbocycles. The Bertz CT molecular complexity index is 174. The first-order valence-electron chi connectivity index (χ1n) is 6.43. The molecule has 0 spiro atoms. The summed E-state index contributed by atoms with van der Waals surface area (Å²) in [4.78, 5) is 0. The van der Waals surface area contributed by atoms with Crippen molar-refractivity contribution in [3.63, 3.8) is 0 Å². The summed E-state index contributed by atoms with van der Waals surface area (Å²) in [6, 6.07) is 0. The quantitative estimate of drug-likeness (QED) is 0.680. The Morgan fingerprint density at radius 1 is 0.929 bits per heavy atom. The monoisotopic (exact) mass is 196 g/mol. The van der Waals surface area contributed by atoms with Gasteiger partial charge in [-0.05, 0) is 50.4 Å². The summed E-state index contributed by atoms with van der Waals surface area (Å²) in [5, 5.41) is 10.6. The SMILES string of the molecule is CC1CCC(O)(C2CCCCC2)CC1. The zero-order chi connectivity index (χ0) is 10.0. The van der Waals surface area contributed by atoms with Crippen LogP contribution in [0.3, 0.4) is 0 Å². The molecule has 0 atom stereocenters. The average molecular weight is 196 g/mol. The van der Waals surface area contributed by atoms with Crippen LogP contribution in [-0.4, -0.2) is 10.7 Å². The Balaban J connectivity index is 1.93. The Hall–Kier alpha value is -0.0400. The molecule has 2 fully saturated rings. The first-order valence-corrected chi connectivity index (χ1v) is 6.43. The van der Waals surface area contributed by atoms with Crippen LogP contribution in [0.5, 0.6) is 0 Å². The molecular formula is C13H24O. The molecule has 1 N–H and O–H groups in total. The van der Waals surface area contributed by atoms with Crippen LogP contribution in [0, 0.1) is 11.8 Å². The van der Waals surface area contributed by atoms with Crippen LogP contribution in [0.1, 0.15) is 64.7 Å². The van der Waals surface area contributed by atoms with Gasteiger partial charge in [0.15, 0.2) is 0 Å². The molecule has 82 valence electrons. The van der Waals surface area contributed by atoms with Crippen molar-refractivity contribution in [1.82, 2.24) is 0 Å². The minimum Gasteiger partial charge on any atom is -0.390 e. The summed E-state index contributed by atoms with van der Waals surface area (Å²) in [5.74, 6) is 1.47. The normalized spacial score (nSPS) is 41.1. The van der Waals surface area contributed by atoms with E-state index in [0.717, 1.165) is 18.8 Å². The lowest BCUT2D eigenvalue weighted by Gasteiger charge is -2.42. The van der Waals surface area contributed by atoms with Gasteiger partial charge in [-0.3, -0.25) is 0 Å². The molecule has 2 aliphatic rings. The van der Waals surface area contributed by atoms with Crippen LogP contribution in [-0.2, 0) is 0 Å². The fourth-order valence-electron chi connectivity index (χ4n) is 3.31. The molecule has 0 aromatic rings. The van der Waals surface area contributed by atoms with Crippen LogP contribution >= 0.6 is 0 Å². The molecule has 0 aromatic carbocycles. The summed E-state index contributed by atoms with van der Waals surface area (Å²) >= 11 is 0. The molecule has 2 rings (SSSR count). The van der Waals surface area contributed by atoms with Crippen LogP contribution in [0.15, 0.2) is 0 Å². The highest BCUT2D eigenvalue weighted by atomic mass is 16.3. The molecule has 0 unspecified atom stereocenters. The minimum absolute atomic E-state index is 0.271. The third kappa shape index (κ3) is 2.13. The standard InChI is InChI=1S/C13H24O/c1-11-7-9-13(14,10-8-11)12-5-3-2-4-6-12/h11-12,14H,2-10H2,1H3. The largest absolute Gasteiger partial charge is 0.390 e. The summed E-state index contributed by atoms with van der Waals surface area (Å²) < 4.78 is 0. The number of hydrogen-bond acceptors (Lipinski definition) is 1. The van der Waals surface area contributed by atoms with Gasteiger partial charge in [0.25, 0.3) is 0 Å². The highest BCUT2D eigenvalue weighted by molar-refractivity contribution is 4.91. The molecule has 0 aromatic heterocycles. The maximum atomic E-state index is 10.6. The van der Waals surface area contributed by atoms with Crippen molar-refractivity contribution in [1.29, 1.82) is 0 Å². The van der Waals surface area contributed by atoms with E-state index in [1.165, 1.54) is 44.9 Å². The fraction of sp³-hybridized carbons (Fsp3) is 1.00. The summed E-state index contributed by atoms with van der Waals surface area (Å²) in [5.41, 5.74) is -0.271. The van der Waals surface area contributed by atoms with E-state index in [1.807, 2.05) is 0 Å². The predicted octanol–water partition coefficient (Wildman–Crippen LogP) is 3.51. The van der Waals surface area contributed by atoms with Gasteiger partial charge in [-0.1, -0.05) is 26.2 Å². The molecule has 1 nitrogen and oxygen atoms in total. The average Bonchev–Trinajstić information content (AvgIpc) is 2.24.